The van der Waals surface area contributed by atoms with Gasteiger partial charge in [-0.3, -0.25) is 4.79 Å². The van der Waals surface area contributed by atoms with E-state index in [2.05, 4.69) is 41.5 Å². The number of hydrogen-bond acceptors (Lipinski definition) is 6. The van der Waals surface area contributed by atoms with E-state index in [0.29, 0.717) is 28.4 Å². The molecule has 5 aromatic rings. The zero-order valence-corrected chi connectivity index (χ0v) is 19.8. The number of methoxy groups -OCH3 is 2. The van der Waals surface area contributed by atoms with Crippen LogP contribution in [0, 0.1) is 13.8 Å². The lowest BCUT2D eigenvalue weighted by atomic mass is 10.0. The van der Waals surface area contributed by atoms with Crippen molar-refractivity contribution < 1.29 is 14.3 Å². The molecule has 0 aliphatic heterocycles. The predicted octanol–water partition coefficient (Wildman–Crippen LogP) is 3.08. The van der Waals surface area contributed by atoms with Crippen LogP contribution in [0.5, 0.6) is 11.5 Å². The fraction of sp³-hybridized carbons (Fsp3) is 0.200. The van der Waals surface area contributed by atoms with Crippen molar-refractivity contribution in [2.45, 2.75) is 20.4 Å². The number of amides is 1. The monoisotopic (exact) mass is 472 g/mol. The minimum Gasteiger partial charge on any atom is -0.497 e. The van der Waals surface area contributed by atoms with Gasteiger partial charge in [0.15, 0.2) is 5.65 Å². The van der Waals surface area contributed by atoms with E-state index in [1.54, 1.807) is 42.2 Å². The summed E-state index contributed by atoms with van der Waals surface area (Å²) in [6, 6.07) is 13.1. The van der Waals surface area contributed by atoms with Gasteiger partial charge in [-0.1, -0.05) is 12.1 Å². The van der Waals surface area contributed by atoms with Gasteiger partial charge in [0.1, 0.15) is 23.6 Å². The van der Waals surface area contributed by atoms with Crippen LogP contribution in [0.4, 0.5) is 5.69 Å². The molecule has 1 N–H and O–H groups in total. The molecule has 0 fully saturated rings. The lowest BCUT2D eigenvalue weighted by Gasteiger charge is -2.11. The average molecular weight is 473 g/mol. The molecule has 0 saturated carbocycles. The summed E-state index contributed by atoms with van der Waals surface area (Å²) in [5, 5.41) is 11.8. The van der Waals surface area contributed by atoms with Gasteiger partial charge in [-0.15, -0.1) is 5.10 Å². The number of aromatic nitrogens is 5. The van der Waals surface area contributed by atoms with Crippen molar-refractivity contribution >= 4 is 22.8 Å². The van der Waals surface area contributed by atoms with Gasteiger partial charge in [0.2, 0.25) is 5.91 Å². The fourth-order valence-electron chi connectivity index (χ4n) is 3.91. The maximum Gasteiger partial charge on any atom is 0.350 e. The number of hydrogen-bond donors (Lipinski definition) is 1. The average Bonchev–Trinajstić information content (AvgIpc) is 3.42. The molecule has 3 heterocycles. The molecule has 3 aromatic heterocycles. The number of rotatable bonds is 6. The van der Waals surface area contributed by atoms with Crippen LogP contribution in [0.15, 0.2) is 59.7 Å². The molecular weight excluding hydrogens is 448 g/mol. The zero-order valence-electron chi connectivity index (χ0n) is 19.8. The fourth-order valence-corrected chi connectivity index (χ4v) is 3.91. The van der Waals surface area contributed by atoms with Gasteiger partial charge >= 0.3 is 5.69 Å². The highest BCUT2D eigenvalue weighted by Crippen LogP contribution is 2.29. The van der Waals surface area contributed by atoms with Gasteiger partial charge in [-0.2, -0.15) is 5.10 Å². The molecule has 0 aliphatic rings. The van der Waals surface area contributed by atoms with Gasteiger partial charge < -0.3 is 14.8 Å². The second-order valence-electron chi connectivity index (χ2n) is 8.20. The quantitative estimate of drug-likeness (QED) is 0.407. The molecule has 0 unspecified atom stereocenters. The van der Waals surface area contributed by atoms with Crippen molar-refractivity contribution in [2.75, 3.05) is 19.5 Å². The first-order chi connectivity index (χ1) is 16.9. The Morgan fingerprint density at radius 2 is 1.80 bits per heavy atom. The Bertz CT molecular complexity index is 1650. The third-order valence-corrected chi connectivity index (χ3v) is 5.97. The molecule has 0 aliphatic carbocycles. The number of nitrogens with one attached hydrogen (secondary N) is 1. The number of nitrogens with zero attached hydrogens (tertiary/aromatic N) is 5. The van der Waals surface area contributed by atoms with E-state index in [-0.39, 0.29) is 6.54 Å². The number of aryl methyl sites for hydroxylation is 2. The zero-order chi connectivity index (χ0) is 24.7. The van der Waals surface area contributed by atoms with Gasteiger partial charge in [-0.05, 0) is 49.2 Å². The molecule has 5 rings (SSSR count). The third-order valence-electron chi connectivity index (χ3n) is 5.97. The SMILES string of the molecule is COc1ccc(NC(=O)Cn2nc3c4cc(-c5ccc(C)c(C)c5)nn4ccn3c2=O)c(OC)c1. The molecule has 2 aromatic carbocycles. The number of benzene rings is 2. The lowest BCUT2D eigenvalue weighted by molar-refractivity contribution is -0.117. The van der Waals surface area contributed by atoms with Crippen LogP contribution in [-0.2, 0) is 11.3 Å². The van der Waals surface area contributed by atoms with E-state index in [4.69, 9.17) is 9.47 Å². The van der Waals surface area contributed by atoms with Crippen LogP contribution >= 0.6 is 0 Å². The molecule has 0 saturated heterocycles. The predicted molar refractivity (Wildman–Crippen MR) is 131 cm³/mol. The van der Waals surface area contributed by atoms with Crippen molar-refractivity contribution in [3.05, 3.63) is 76.5 Å². The topological polar surface area (TPSA) is 104 Å². The van der Waals surface area contributed by atoms with Gasteiger partial charge in [0, 0.05) is 24.0 Å². The Morgan fingerprint density at radius 1 is 0.971 bits per heavy atom. The summed E-state index contributed by atoms with van der Waals surface area (Å²) in [6.45, 7) is 3.85. The molecule has 10 heteroatoms. The molecule has 178 valence electrons. The summed E-state index contributed by atoms with van der Waals surface area (Å²) >= 11 is 0. The summed E-state index contributed by atoms with van der Waals surface area (Å²) in [5.74, 6) is 0.626. The van der Waals surface area contributed by atoms with Gasteiger partial charge in [0.05, 0.1) is 25.6 Å². The second kappa shape index (κ2) is 8.64. The molecule has 0 bridgehead atoms. The first-order valence-corrected chi connectivity index (χ1v) is 10.9. The Balaban J connectivity index is 1.46. The van der Waals surface area contributed by atoms with Crippen LogP contribution in [0.2, 0.25) is 0 Å². The van der Waals surface area contributed by atoms with Gasteiger partial charge in [-0.25, -0.2) is 18.4 Å². The molecule has 35 heavy (non-hydrogen) atoms. The number of anilines is 1. The van der Waals surface area contributed by atoms with Crippen molar-refractivity contribution in [3.63, 3.8) is 0 Å². The summed E-state index contributed by atoms with van der Waals surface area (Å²) in [4.78, 5) is 25.7. The first kappa shape index (κ1) is 22.2. The summed E-state index contributed by atoms with van der Waals surface area (Å²) in [5.41, 5.74) is 5.24. The highest BCUT2D eigenvalue weighted by atomic mass is 16.5. The number of carbonyl (C=O) groups excluding carboxylic acids is 1. The number of fused-ring (bicyclic) bond motifs is 3. The van der Waals surface area contributed by atoms with E-state index >= 15 is 0 Å². The lowest BCUT2D eigenvalue weighted by Crippen LogP contribution is -2.28. The van der Waals surface area contributed by atoms with E-state index in [9.17, 15) is 9.59 Å². The van der Waals surface area contributed by atoms with Crippen LogP contribution < -0.4 is 20.5 Å². The largest absolute Gasteiger partial charge is 0.497 e. The van der Waals surface area contributed by atoms with Crippen LogP contribution in [-0.4, -0.2) is 43.9 Å². The van der Waals surface area contributed by atoms with Crippen molar-refractivity contribution in [2.24, 2.45) is 0 Å². The Labute approximate surface area is 200 Å². The number of carbonyl (C=O) groups is 1. The van der Waals surface area contributed by atoms with E-state index in [1.165, 1.54) is 22.6 Å². The smallest absolute Gasteiger partial charge is 0.350 e. The Kier molecular flexibility index (Phi) is 5.48. The molecule has 0 atom stereocenters. The first-order valence-electron chi connectivity index (χ1n) is 10.9. The number of ether oxygens (including phenoxy) is 2. The molecule has 1 amide bonds. The normalized spacial score (nSPS) is 11.2. The van der Waals surface area contributed by atoms with Gasteiger partial charge in [0.25, 0.3) is 0 Å². The van der Waals surface area contributed by atoms with E-state index in [0.717, 1.165) is 15.9 Å². The standard InChI is InChI=1S/C25H24N6O4/c1-15-5-6-17(11-16(15)2)20-13-21-24-28-31(25(33)29(24)9-10-30(21)27-20)14-23(32)26-19-8-7-18(34-3)12-22(19)35-4/h5-13H,14H2,1-4H3,(H,26,32). The van der Waals surface area contributed by atoms with Crippen LogP contribution in [0.1, 0.15) is 11.1 Å². The Morgan fingerprint density at radius 3 is 2.54 bits per heavy atom. The summed E-state index contributed by atoms with van der Waals surface area (Å²) < 4.78 is 14.7. The van der Waals surface area contributed by atoms with E-state index < -0.39 is 11.6 Å². The molecule has 0 radical (unpaired) electrons. The second-order valence-corrected chi connectivity index (χ2v) is 8.20. The molecule has 10 nitrogen and oxygen atoms in total. The third kappa shape index (κ3) is 3.99. The van der Waals surface area contributed by atoms with Crippen molar-refractivity contribution in [3.8, 4) is 22.8 Å². The summed E-state index contributed by atoms with van der Waals surface area (Å²) in [7, 11) is 3.05. The van der Waals surface area contributed by atoms with E-state index in [1.807, 2.05) is 12.1 Å². The molecule has 0 spiro atoms. The minimum atomic E-state index is -0.423. The maximum atomic E-state index is 12.9. The van der Waals surface area contributed by atoms with Crippen LogP contribution in [0.3, 0.4) is 0 Å². The summed E-state index contributed by atoms with van der Waals surface area (Å²) in [6.07, 6.45) is 3.29. The van der Waals surface area contributed by atoms with Crippen molar-refractivity contribution in [1.29, 1.82) is 0 Å². The van der Waals surface area contributed by atoms with Crippen molar-refractivity contribution in [1.82, 2.24) is 23.8 Å². The maximum absolute atomic E-state index is 12.9. The Hall–Kier alpha value is -4.60. The molecular formula is C25H24N6O4. The highest BCUT2D eigenvalue weighted by molar-refractivity contribution is 5.92. The minimum absolute atomic E-state index is 0.264. The highest BCUT2D eigenvalue weighted by Gasteiger charge is 2.16. The van der Waals surface area contributed by atoms with Crippen LogP contribution in [0.25, 0.3) is 22.4 Å².